The second kappa shape index (κ2) is 7.92. The summed E-state index contributed by atoms with van der Waals surface area (Å²) in [7, 11) is 1.67. The van der Waals surface area contributed by atoms with Gasteiger partial charge in [-0.2, -0.15) is 0 Å². The van der Waals surface area contributed by atoms with Crippen molar-refractivity contribution in [1.29, 1.82) is 0 Å². The van der Waals surface area contributed by atoms with Crippen molar-refractivity contribution in [2.45, 2.75) is 40.0 Å². The summed E-state index contributed by atoms with van der Waals surface area (Å²) in [6.07, 6.45) is 0.999. The molecule has 1 unspecified atom stereocenters. The predicted octanol–water partition coefficient (Wildman–Crippen LogP) is 4.67. The van der Waals surface area contributed by atoms with Gasteiger partial charge in [-0.1, -0.05) is 13.8 Å². The molecule has 2 aromatic rings. The lowest BCUT2D eigenvalue weighted by molar-refractivity contribution is -0.115. The Balaban J connectivity index is 1.93. The second-order valence-corrected chi connectivity index (χ2v) is 7.11. The van der Waals surface area contributed by atoms with Gasteiger partial charge in [0.15, 0.2) is 0 Å². The number of hydrogen-bond donors (Lipinski definition) is 1. The standard InChI is InChI=1S/C22H26N2O4/c1-6-13(2)18-11-17(7-8-19(18)27-5)28-21-14(3)9-16(10-15(21)4)24-20(25)12-23-22(24)26/h7-11,13H,6,12H2,1-5H3,(H,23,26). The van der Waals surface area contributed by atoms with Crippen molar-refractivity contribution < 1.29 is 19.1 Å². The molecule has 0 radical (unpaired) electrons. The third-order valence-corrected chi connectivity index (χ3v) is 5.11. The van der Waals surface area contributed by atoms with E-state index in [-0.39, 0.29) is 12.5 Å². The first-order valence-corrected chi connectivity index (χ1v) is 9.43. The number of rotatable bonds is 6. The molecule has 6 nitrogen and oxygen atoms in total. The van der Waals surface area contributed by atoms with Crippen LogP contribution in [-0.2, 0) is 4.79 Å². The number of ether oxygens (including phenoxy) is 2. The quantitative estimate of drug-likeness (QED) is 0.737. The molecule has 1 saturated heterocycles. The van der Waals surface area contributed by atoms with Crippen molar-refractivity contribution in [3.05, 3.63) is 47.0 Å². The Morgan fingerprint density at radius 3 is 2.36 bits per heavy atom. The fourth-order valence-electron chi connectivity index (χ4n) is 3.40. The van der Waals surface area contributed by atoms with Crippen LogP contribution in [-0.4, -0.2) is 25.6 Å². The summed E-state index contributed by atoms with van der Waals surface area (Å²) in [5.41, 5.74) is 3.36. The van der Waals surface area contributed by atoms with Gasteiger partial charge in [-0.05, 0) is 67.6 Å². The molecule has 28 heavy (non-hydrogen) atoms. The molecule has 0 saturated carbocycles. The molecule has 1 aliphatic rings. The summed E-state index contributed by atoms with van der Waals surface area (Å²) in [6.45, 7) is 8.14. The third-order valence-electron chi connectivity index (χ3n) is 5.11. The Morgan fingerprint density at radius 2 is 1.82 bits per heavy atom. The van der Waals surface area contributed by atoms with E-state index in [2.05, 4.69) is 19.2 Å². The van der Waals surface area contributed by atoms with Crippen molar-refractivity contribution in [3.63, 3.8) is 0 Å². The molecule has 1 fully saturated rings. The monoisotopic (exact) mass is 382 g/mol. The summed E-state index contributed by atoms with van der Waals surface area (Å²) < 4.78 is 11.7. The molecule has 0 aliphatic carbocycles. The van der Waals surface area contributed by atoms with Crippen LogP contribution in [0, 0.1) is 13.8 Å². The van der Waals surface area contributed by atoms with Gasteiger partial charge in [0, 0.05) is 5.56 Å². The van der Waals surface area contributed by atoms with Gasteiger partial charge in [0.2, 0.25) is 0 Å². The maximum absolute atomic E-state index is 12.0. The van der Waals surface area contributed by atoms with Gasteiger partial charge in [-0.25, -0.2) is 9.69 Å². The Hall–Kier alpha value is -3.02. The zero-order chi connectivity index (χ0) is 20.4. The molecule has 6 heteroatoms. The maximum Gasteiger partial charge on any atom is 0.329 e. The molecule has 0 spiro atoms. The number of aryl methyl sites for hydroxylation is 2. The minimum absolute atomic E-state index is 0.0272. The van der Waals surface area contributed by atoms with E-state index in [1.807, 2.05) is 32.0 Å². The largest absolute Gasteiger partial charge is 0.496 e. The highest BCUT2D eigenvalue weighted by molar-refractivity contribution is 6.19. The second-order valence-electron chi connectivity index (χ2n) is 7.11. The number of benzene rings is 2. The number of hydrogen-bond acceptors (Lipinski definition) is 4. The Bertz CT molecular complexity index is 884. The van der Waals surface area contributed by atoms with Gasteiger partial charge in [-0.3, -0.25) is 4.79 Å². The van der Waals surface area contributed by atoms with Gasteiger partial charge in [0.1, 0.15) is 17.2 Å². The smallest absolute Gasteiger partial charge is 0.329 e. The first kappa shape index (κ1) is 19.7. The van der Waals surface area contributed by atoms with Gasteiger partial charge >= 0.3 is 6.03 Å². The molecule has 1 N–H and O–H groups in total. The first-order valence-electron chi connectivity index (χ1n) is 9.43. The summed E-state index contributed by atoms with van der Waals surface area (Å²) in [6, 6.07) is 9.01. The van der Waals surface area contributed by atoms with Crippen molar-refractivity contribution in [2.75, 3.05) is 18.6 Å². The number of urea groups is 1. The Labute approximate surface area is 165 Å². The zero-order valence-electron chi connectivity index (χ0n) is 17.0. The third kappa shape index (κ3) is 3.67. The van der Waals surface area contributed by atoms with Gasteiger partial charge in [0.05, 0.1) is 19.3 Å². The van der Waals surface area contributed by atoms with E-state index in [1.165, 1.54) is 0 Å². The maximum atomic E-state index is 12.0. The highest BCUT2D eigenvalue weighted by Gasteiger charge is 2.30. The molecule has 148 valence electrons. The van der Waals surface area contributed by atoms with Crippen molar-refractivity contribution in [1.82, 2.24) is 5.32 Å². The Kier molecular flexibility index (Phi) is 5.58. The number of carbonyl (C=O) groups is 2. The molecular formula is C22H26N2O4. The molecular weight excluding hydrogens is 356 g/mol. The number of imide groups is 1. The highest BCUT2D eigenvalue weighted by atomic mass is 16.5. The number of nitrogens with zero attached hydrogens (tertiary/aromatic N) is 1. The summed E-state index contributed by atoms with van der Waals surface area (Å²) in [5.74, 6) is 2.39. The van der Waals surface area contributed by atoms with Crippen LogP contribution in [0.25, 0.3) is 0 Å². The van der Waals surface area contributed by atoms with E-state index in [0.717, 1.165) is 45.3 Å². The van der Waals surface area contributed by atoms with Gasteiger partial charge < -0.3 is 14.8 Å². The lowest BCUT2D eigenvalue weighted by atomic mass is 9.97. The average molecular weight is 382 g/mol. The molecule has 1 heterocycles. The molecule has 1 aliphatic heterocycles. The minimum atomic E-state index is -0.397. The molecule has 2 aromatic carbocycles. The molecule has 3 rings (SSSR count). The van der Waals surface area contributed by atoms with Crippen LogP contribution in [0.3, 0.4) is 0 Å². The van der Waals surface area contributed by atoms with Crippen LogP contribution in [0.1, 0.15) is 42.9 Å². The van der Waals surface area contributed by atoms with E-state index < -0.39 is 6.03 Å². The van der Waals surface area contributed by atoms with Crippen LogP contribution in [0.4, 0.5) is 10.5 Å². The Morgan fingerprint density at radius 1 is 1.14 bits per heavy atom. The van der Waals surface area contributed by atoms with Gasteiger partial charge in [-0.15, -0.1) is 0 Å². The average Bonchev–Trinajstić information content (AvgIpc) is 3.02. The van der Waals surface area contributed by atoms with E-state index in [4.69, 9.17) is 9.47 Å². The highest BCUT2D eigenvalue weighted by Crippen LogP contribution is 2.37. The number of amides is 3. The van der Waals surface area contributed by atoms with E-state index in [1.54, 1.807) is 19.2 Å². The number of anilines is 1. The van der Waals surface area contributed by atoms with E-state index >= 15 is 0 Å². The van der Waals surface area contributed by atoms with E-state index in [9.17, 15) is 9.59 Å². The van der Waals surface area contributed by atoms with Gasteiger partial charge in [0.25, 0.3) is 5.91 Å². The fraction of sp³-hybridized carbons (Fsp3) is 0.364. The molecule has 3 amide bonds. The normalized spacial score (nSPS) is 14.8. The SMILES string of the molecule is CCC(C)c1cc(Oc2c(C)cc(N3C(=O)CNC3=O)cc2C)ccc1OC. The number of carbonyl (C=O) groups excluding carboxylic acids is 2. The zero-order valence-corrected chi connectivity index (χ0v) is 17.0. The van der Waals surface area contributed by atoms with E-state index in [0.29, 0.717) is 11.6 Å². The van der Waals surface area contributed by atoms with Crippen LogP contribution in [0.5, 0.6) is 17.2 Å². The van der Waals surface area contributed by atoms with Crippen molar-refractivity contribution >= 4 is 17.6 Å². The molecule has 0 aromatic heterocycles. The number of nitrogens with one attached hydrogen (secondary N) is 1. The minimum Gasteiger partial charge on any atom is -0.496 e. The summed E-state index contributed by atoms with van der Waals surface area (Å²) in [4.78, 5) is 25.1. The predicted molar refractivity (Wildman–Crippen MR) is 109 cm³/mol. The fourth-order valence-corrected chi connectivity index (χ4v) is 3.40. The lowest BCUT2D eigenvalue weighted by Crippen LogP contribution is -2.30. The lowest BCUT2D eigenvalue weighted by Gasteiger charge is -2.19. The van der Waals surface area contributed by atoms with Crippen LogP contribution in [0.15, 0.2) is 30.3 Å². The summed E-state index contributed by atoms with van der Waals surface area (Å²) in [5, 5.41) is 2.54. The molecule has 0 bridgehead atoms. The van der Waals surface area contributed by atoms with Crippen LogP contribution < -0.4 is 19.7 Å². The first-order chi connectivity index (χ1) is 13.3. The van der Waals surface area contributed by atoms with Crippen LogP contribution in [0.2, 0.25) is 0 Å². The summed E-state index contributed by atoms with van der Waals surface area (Å²) >= 11 is 0. The topological polar surface area (TPSA) is 67.9 Å². The number of methoxy groups -OCH3 is 1. The van der Waals surface area contributed by atoms with Crippen molar-refractivity contribution in [2.24, 2.45) is 0 Å². The van der Waals surface area contributed by atoms with Crippen LogP contribution >= 0.6 is 0 Å². The molecule has 1 atom stereocenters. The van der Waals surface area contributed by atoms with Crippen molar-refractivity contribution in [3.8, 4) is 17.2 Å².